The highest BCUT2D eigenvalue weighted by Gasteiger charge is 2.14. The molecule has 1 N–H and O–H groups in total. The molecule has 0 aliphatic rings. The fraction of sp³-hybridized carbons (Fsp3) is 0.200. The van der Waals surface area contributed by atoms with Crippen LogP contribution in [0.4, 0.5) is 5.69 Å². The molecule has 0 aliphatic heterocycles. The largest absolute Gasteiger partial charge is 0.377 e. The summed E-state index contributed by atoms with van der Waals surface area (Å²) in [5.41, 5.74) is 1.89. The molecular formula is C15H13BrCl3N. The van der Waals surface area contributed by atoms with Gasteiger partial charge in [-0.1, -0.05) is 63.7 Å². The zero-order valence-electron chi connectivity index (χ0n) is 10.8. The van der Waals surface area contributed by atoms with Gasteiger partial charge in [-0.25, -0.2) is 0 Å². The van der Waals surface area contributed by atoms with E-state index in [2.05, 4.69) is 28.2 Å². The van der Waals surface area contributed by atoms with E-state index in [-0.39, 0.29) is 6.04 Å². The topological polar surface area (TPSA) is 12.0 Å². The van der Waals surface area contributed by atoms with E-state index in [1.807, 2.05) is 30.3 Å². The van der Waals surface area contributed by atoms with Gasteiger partial charge in [0.25, 0.3) is 0 Å². The maximum absolute atomic E-state index is 6.27. The Morgan fingerprint density at radius 1 is 1.05 bits per heavy atom. The molecule has 2 rings (SSSR count). The molecule has 1 atom stereocenters. The van der Waals surface area contributed by atoms with Crippen LogP contribution in [-0.2, 0) is 0 Å². The third kappa shape index (κ3) is 3.82. The third-order valence-corrected chi connectivity index (χ3v) is 4.38. The minimum absolute atomic E-state index is 0.0819. The highest BCUT2D eigenvalue weighted by molar-refractivity contribution is 9.10. The molecule has 20 heavy (non-hydrogen) atoms. The number of benzene rings is 2. The van der Waals surface area contributed by atoms with Crippen LogP contribution in [-0.4, -0.2) is 0 Å². The fourth-order valence-electron chi connectivity index (χ4n) is 1.98. The van der Waals surface area contributed by atoms with Gasteiger partial charge in [0.2, 0.25) is 0 Å². The summed E-state index contributed by atoms with van der Waals surface area (Å²) in [5.74, 6) is 0. The highest BCUT2D eigenvalue weighted by Crippen LogP contribution is 2.33. The van der Waals surface area contributed by atoms with Crippen LogP contribution in [0.25, 0.3) is 0 Å². The van der Waals surface area contributed by atoms with Crippen molar-refractivity contribution in [2.45, 2.75) is 19.4 Å². The summed E-state index contributed by atoms with van der Waals surface area (Å²) >= 11 is 21.8. The maximum Gasteiger partial charge on any atom is 0.0648 e. The Bertz CT molecular complexity index is 616. The minimum atomic E-state index is 0.0819. The second-order valence-electron chi connectivity index (χ2n) is 4.40. The van der Waals surface area contributed by atoms with Crippen molar-refractivity contribution in [1.82, 2.24) is 0 Å². The van der Waals surface area contributed by atoms with Gasteiger partial charge >= 0.3 is 0 Å². The number of hydrogen-bond acceptors (Lipinski definition) is 1. The first kappa shape index (κ1) is 16.0. The first-order valence-corrected chi connectivity index (χ1v) is 8.10. The Hall–Kier alpha value is -0.410. The van der Waals surface area contributed by atoms with Gasteiger partial charge in [-0.2, -0.15) is 0 Å². The molecule has 0 aliphatic carbocycles. The molecule has 0 spiro atoms. The van der Waals surface area contributed by atoms with Crippen LogP contribution in [0.1, 0.15) is 24.9 Å². The van der Waals surface area contributed by atoms with Gasteiger partial charge in [0, 0.05) is 14.5 Å². The lowest BCUT2D eigenvalue weighted by Gasteiger charge is -2.21. The summed E-state index contributed by atoms with van der Waals surface area (Å²) in [5, 5.41) is 5.38. The molecule has 0 amide bonds. The SMILES string of the molecule is CCC(Nc1ccc(Br)cc1Cl)c1ccc(Cl)cc1Cl. The molecule has 0 saturated carbocycles. The van der Waals surface area contributed by atoms with Crippen molar-refractivity contribution in [3.8, 4) is 0 Å². The maximum atomic E-state index is 6.27. The van der Waals surface area contributed by atoms with Crippen LogP contribution < -0.4 is 5.32 Å². The van der Waals surface area contributed by atoms with Crippen LogP contribution in [0.2, 0.25) is 15.1 Å². The average molecular weight is 394 g/mol. The Kier molecular flexibility index (Phi) is 5.62. The number of rotatable bonds is 4. The Morgan fingerprint density at radius 3 is 2.40 bits per heavy atom. The van der Waals surface area contributed by atoms with E-state index in [4.69, 9.17) is 34.8 Å². The lowest BCUT2D eigenvalue weighted by atomic mass is 10.0. The van der Waals surface area contributed by atoms with E-state index in [0.717, 1.165) is 22.1 Å². The van der Waals surface area contributed by atoms with E-state index in [0.29, 0.717) is 15.1 Å². The van der Waals surface area contributed by atoms with Crippen molar-refractivity contribution in [2.75, 3.05) is 5.32 Å². The third-order valence-electron chi connectivity index (χ3n) is 3.01. The summed E-state index contributed by atoms with van der Waals surface area (Å²) in [6, 6.07) is 11.4. The second-order valence-corrected chi connectivity index (χ2v) is 6.56. The van der Waals surface area contributed by atoms with Crippen LogP contribution in [0.15, 0.2) is 40.9 Å². The van der Waals surface area contributed by atoms with Gasteiger partial charge in [-0.3, -0.25) is 0 Å². The van der Waals surface area contributed by atoms with Gasteiger partial charge in [0.05, 0.1) is 16.8 Å². The fourth-order valence-corrected chi connectivity index (χ4v) is 3.25. The molecule has 0 saturated heterocycles. The molecule has 0 heterocycles. The molecule has 0 aromatic heterocycles. The lowest BCUT2D eigenvalue weighted by Crippen LogP contribution is -2.10. The zero-order valence-corrected chi connectivity index (χ0v) is 14.6. The van der Waals surface area contributed by atoms with Gasteiger partial charge in [-0.15, -0.1) is 0 Å². The molecule has 106 valence electrons. The molecular weight excluding hydrogens is 380 g/mol. The number of nitrogens with one attached hydrogen (secondary N) is 1. The molecule has 2 aromatic rings. The summed E-state index contributed by atoms with van der Waals surface area (Å²) in [6.45, 7) is 2.09. The number of halogens is 4. The van der Waals surface area contributed by atoms with Gasteiger partial charge < -0.3 is 5.32 Å². The second kappa shape index (κ2) is 7.04. The lowest BCUT2D eigenvalue weighted by molar-refractivity contribution is 0.750. The van der Waals surface area contributed by atoms with Crippen molar-refractivity contribution >= 4 is 56.4 Å². The van der Waals surface area contributed by atoms with Crippen molar-refractivity contribution in [3.05, 3.63) is 61.5 Å². The summed E-state index contributed by atoms with van der Waals surface area (Å²) in [4.78, 5) is 0. The first-order chi connectivity index (χ1) is 9.51. The van der Waals surface area contributed by atoms with Crippen LogP contribution in [0.3, 0.4) is 0 Å². The van der Waals surface area contributed by atoms with Gasteiger partial charge in [-0.05, 0) is 42.3 Å². The Morgan fingerprint density at radius 2 is 1.80 bits per heavy atom. The number of anilines is 1. The van der Waals surface area contributed by atoms with E-state index in [9.17, 15) is 0 Å². The van der Waals surface area contributed by atoms with Crippen molar-refractivity contribution in [1.29, 1.82) is 0 Å². The molecule has 0 radical (unpaired) electrons. The molecule has 5 heteroatoms. The smallest absolute Gasteiger partial charge is 0.0648 e. The molecule has 1 unspecified atom stereocenters. The summed E-state index contributed by atoms with van der Waals surface area (Å²) in [6.07, 6.45) is 0.883. The van der Waals surface area contributed by atoms with Crippen LogP contribution >= 0.6 is 50.7 Å². The Labute approximate surface area is 142 Å². The zero-order chi connectivity index (χ0) is 14.7. The Balaban J connectivity index is 2.28. The number of hydrogen-bond donors (Lipinski definition) is 1. The predicted molar refractivity (Wildman–Crippen MR) is 92.3 cm³/mol. The van der Waals surface area contributed by atoms with Gasteiger partial charge in [0.15, 0.2) is 0 Å². The van der Waals surface area contributed by atoms with Gasteiger partial charge in [0.1, 0.15) is 0 Å². The van der Waals surface area contributed by atoms with E-state index in [1.165, 1.54) is 0 Å². The molecule has 0 fully saturated rings. The van der Waals surface area contributed by atoms with Crippen LogP contribution in [0.5, 0.6) is 0 Å². The average Bonchev–Trinajstić information content (AvgIpc) is 2.39. The molecule has 1 nitrogen and oxygen atoms in total. The minimum Gasteiger partial charge on any atom is -0.377 e. The van der Waals surface area contributed by atoms with E-state index < -0.39 is 0 Å². The van der Waals surface area contributed by atoms with Crippen LogP contribution in [0, 0.1) is 0 Å². The van der Waals surface area contributed by atoms with Crippen molar-refractivity contribution in [3.63, 3.8) is 0 Å². The first-order valence-electron chi connectivity index (χ1n) is 6.17. The predicted octanol–water partition coefficient (Wildman–Crippen LogP) is 6.97. The summed E-state index contributed by atoms with van der Waals surface area (Å²) in [7, 11) is 0. The summed E-state index contributed by atoms with van der Waals surface area (Å²) < 4.78 is 0.950. The monoisotopic (exact) mass is 391 g/mol. The van der Waals surface area contributed by atoms with E-state index >= 15 is 0 Å². The van der Waals surface area contributed by atoms with Crippen molar-refractivity contribution in [2.24, 2.45) is 0 Å². The van der Waals surface area contributed by atoms with E-state index in [1.54, 1.807) is 6.07 Å². The quantitative estimate of drug-likeness (QED) is 0.591. The standard InChI is InChI=1S/C15H13BrCl3N/c1-2-14(11-5-4-10(17)8-12(11)18)20-15-6-3-9(16)7-13(15)19/h3-8,14,20H,2H2,1H3. The highest BCUT2D eigenvalue weighted by atomic mass is 79.9. The molecule has 0 bridgehead atoms. The normalized spacial score (nSPS) is 12.2. The van der Waals surface area contributed by atoms with Crippen molar-refractivity contribution < 1.29 is 0 Å². The molecule has 2 aromatic carbocycles.